The number of aromatic nitrogens is 12. The van der Waals surface area contributed by atoms with Gasteiger partial charge in [0.1, 0.15) is 32.4 Å². The van der Waals surface area contributed by atoms with Gasteiger partial charge in [0, 0.05) is 42.6 Å². The average molecular weight is 1250 g/mol. The van der Waals surface area contributed by atoms with Gasteiger partial charge in [0.15, 0.2) is 22.5 Å². The Morgan fingerprint density at radius 1 is 0.655 bits per heavy atom. The molecule has 0 bridgehead atoms. The lowest BCUT2D eigenvalue weighted by atomic mass is 9.99. The Kier molecular flexibility index (Phi) is 17.2. The predicted molar refractivity (Wildman–Crippen MR) is 322 cm³/mol. The first kappa shape index (κ1) is 57.4. The number of benzene rings is 3. The Labute approximate surface area is 503 Å². The van der Waals surface area contributed by atoms with E-state index < -0.39 is 25.9 Å². The molecule has 2 aliphatic carbocycles. The number of halogens is 1. The zero-order chi connectivity index (χ0) is 58.4. The second-order valence-electron chi connectivity index (χ2n) is 20.5. The van der Waals surface area contributed by atoms with Crippen LogP contribution in [0.25, 0.3) is 34.6 Å². The van der Waals surface area contributed by atoms with Crippen LogP contribution in [0.15, 0.2) is 180 Å². The van der Waals surface area contributed by atoms with Gasteiger partial charge in [-0.1, -0.05) is 112 Å². The van der Waals surface area contributed by atoms with Crippen LogP contribution in [0, 0.1) is 11.8 Å². The van der Waals surface area contributed by atoms with Crippen molar-refractivity contribution in [1.82, 2.24) is 54.1 Å². The van der Waals surface area contributed by atoms with Gasteiger partial charge in [-0.05, 0) is 141 Å². The summed E-state index contributed by atoms with van der Waals surface area (Å²) in [7, 11) is 0. The van der Waals surface area contributed by atoms with E-state index in [1.807, 2.05) is 122 Å². The molecular formula is C59H55BrN15O6S3+. The number of rotatable bonds is 22. The molecule has 3 amide bonds. The predicted octanol–water partition coefficient (Wildman–Crippen LogP) is 10.2. The number of ether oxygens (including phenoxy) is 1. The average Bonchev–Trinajstić information content (AvgIpc) is 2.22. The van der Waals surface area contributed by atoms with Gasteiger partial charge in [-0.15, -0.1) is 29.6 Å². The van der Waals surface area contributed by atoms with Gasteiger partial charge in [0.05, 0.1) is 11.8 Å². The minimum Gasteiger partial charge on any atom is -0.443 e. The minimum absolute atomic E-state index is 0.0930. The van der Waals surface area contributed by atoms with E-state index in [4.69, 9.17) is 14.9 Å². The third kappa shape index (κ3) is 13.3. The number of nitrogens with zero attached hydrogens (tertiary/aromatic N) is 12. The summed E-state index contributed by atoms with van der Waals surface area (Å²) >= 11 is 6.97. The van der Waals surface area contributed by atoms with Crippen molar-refractivity contribution in [3.63, 3.8) is 0 Å². The molecule has 2 fully saturated rings. The Bertz CT molecular complexity index is 3820. The maximum Gasteiger partial charge on any atom is 0.422 e. The highest BCUT2D eigenvalue weighted by molar-refractivity contribution is 9.11. The van der Waals surface area contributed by atoms with Crippen molar-refractivity contribution >= 4 is 98.0 Å². The summed E-state index contributed by atoms with van der Waals surface area (Å²) < 4.78 is 11.0. The SMILES string of the molecule is CC(=O)n1c(SC2(C(=O)Nc3ccccc3)CC2)n[n+](CCn2c(SC(C(=O)Nc3ccccc3)C3CC3CC(C)(C)OC(=O)n3c(SC(Br)C(=O)Nc4ccccc4)nnc3-c3ccccn3)nnc2-c2ccccn2)c1-c1ccccn1. The number of anilines is 3. The summed E-state index contributed by atoms with van der Waals surface area (Å²) in [5.41, 5.74) is 2.19. The largest absolute Gasteiger partial charge is 0.443 e. The number of alkyl halides is 1. The highest BCUT2D eigenvalue weighted by atomic mass is 79.9. The van der Waals surface area contributed by atoms with E-state index in [0.29, 0.717) is 81.8 Å². The molecule has 25 heteroatoms. The number of aryl methyl sites for hydroxylation is 1. The molecule has 426 valence electrons. The van der Waals surface area contributed by atoms with Gasteiger partial charge in [0.25, 0.3) is 0 Å². The number of carbonyl (C=O) groups is 5. The molecule has 0 aliphatic heterocycles. The van der Waals surface area contributed by atoms with Crippen LogP contribution < -0.4 is 20.6 Å². The quantitative estimate of drug-likeness (QED) is 0.0324. The molecule has 3 aromatic carbocycles. The van der Waals surface area contributed by atoms with Crippen LogP contribution in [0.3, 0.4) is 0 Å². The standard InChI is InChI=1S/C59H54BrN15O6S3/c1-37(76)74-52(45-27-15-18-32-63-45)73(71-56(74)84-59(28-29-59)53(79)66-41-23-11-6-12-24-41)34-33-72-48(43-25-13-16-30-61-43)67-69-54(72)82-46(50(77)64-39-19-7-4-8-20-39)42-35-38(42)36-58(2,3)81-57(80)75-49(44-26-14-17-31-62-44)68-70-55(75)83-47(60)51(78)65-40-21-9-5-10-22-40/h4-27,30-32,38,42,46-47H,28-29,33-36H2,1-3H3,(H2-,64,65,66,77,78,79)/p+1. The summed E-state index contributed by atoms with van der Waals surface area (Å²) in [6.07, 6.45) is 6.28. The number of thioether (sulfide) groups is 3. The molecule has 4 atom stereocenters. The summed E-state index contributed by atoms with van der Waals surface area (Å²) in [6, 6.07) is 43.6. The molecule has 0 spiro atoms. The minimum atomic E-state index is -1.09. The Morgan fingerprint density at radius 3 is 1.76 bits per heavy atom. The van der Waals surface area contributed by atoms with Crippen LogP contribution in [-0.2, 0) is 32.2 Å². The van der Waals surface area contributed by atoms with Crippen LogP contribution in [0.1, 0.15) is 51.2 Å². The van der Waals surface area contributed by atoms with Gasteiger partial charge in [-0.25, -0.2) is 19.1 Å². The summed E-state index contributed by atoms with van der Waals surface area (Å²) in [4.78, 5) is 84.1. The fourth-order valence-corrected chi connectivity index (χ4v) is 13.5. The monoisotopic (exact) mass is 1240 g/mol. The fraction of sp³-hybridized carbons (Fsp3) is 0.254. The lowest BCUT2D eigenvalue weighted by Gasteiger charge is -2.26. The first-order valence-corrected chi connectivity index (χ1v) is 30.4. The van der Waals surface area contributed by atoms with Crippen molar-refractivity contribution in [3.05, 3.63) is 164 Å². The Hall–Kier alpha value is -8.39. The second kappa shape index (κ2) is 25.2. The van der Waals surface area contributed by atoms with Crippen molar-refractivity contribution in [1.29, 1.82) is 0 Å². The van der Waals surface area contributed by atoms with E-state index in [9.17, 15) is 24.0 Å². The maximum atomic E-state index is 14.8. The molecule has 9 aromatic rings. The van der Waals surface area contributed by atoms with Gasteiger partial charge < -0.3 is 20.7 Å². The Balaban J connectivity index is 0.866. The van der Waals surface area contributed by atoms with Crippen molar-refractivity contribution < 1.29 is 33.4 Å². The lowest BCUT2D eigenvalue weighted by molar-refractivity contribution is -0.744. The van der Waals surface area contributed by atoms with E-state index in [1.54, 1.807) is 65.7 Å². The van der Waals surface area contributed by atoms with Gasteiger partial charge >= 0.3 is 23.0 Å². The summed E-state index contributed by atoms with van der Waals surface area (Å²) in [6.45, 7) is 5.47. The maximum absolute atomic E-state index is 14.8. The first-order valence-electron chi connectivity index (χ1n) is 26.9. The van der Waals surface area contributed by atoms with E-state index >= 15 is 0 Å². The first-order chi connectivity index (χ1) is 40.7. The number of carbonyl (C=O) groups excluding carboxylic acids is 5. The number of para-hydroxylation sites is 3. The van der Waals surface area contributed by atoms with Crippen LogP contribution in [-0.4, -0.2) is 104 Å². The van der Waals surface area contributed by atoms with Crippen molar-refractivity contribution in [2.24, 2.45) is 11.8 Å². The summed E-state index contributed by atoms with van der Waals surface area (Å²) in [5.74, 6) is -0.446. The second-order valence-corrected chi connectivity index (χ2v) is 25.6. The zero-order valence-electron chi connectivity index (χ0n) is 45.6. The zero-order valence-corrected chi connectivity index (χ0v) is 49.6. The highest BCUT2D eigenvalue weighted by Gasteiger charge is 2.54. The van der Waals surface area contributed by atoms with Gasteiger partial charge in [-0.2, -0.15) is 0 Å². The molecule has 0 radical (unpaired) electrons. The van der Waals surface area contributed by atoms with E-state index in [2.05, 4.69) is 62.1 Å². The lowest BCUT2D eigenvalue weighted by Crippen LogP contribution is -2.41. The van der Waals surface area contributed by atoms with Gasteiger partial charge in [0.2, 0.25) is 22.9 Å². The van der Waals surface area contributed by atoms with Crippen molar-refractivity contribution in [3.8, 4) is 34.6 Å². The number of hydrogen-bond donors (Lipinski definition) is 3. The van der Waals surface area contributed by atoms with Crippen molar-refractivity contribution in [2.45, 2.75) is 94.8 Å². The van der Waals surface area contributed by atoms with Crippen molar-refractivity contribution in [2.75, 3.05) is 16.0 Å². The molecular weight excluding hydrogens is 1190 g/mol. The molecule has 6 aromatic heterocycles. The van der Waals surface area contributed by atoms with E-state index in [-0.39, 0.29) is 59.5 Å². The number of amides is 3. The molecule has 3 N–H and O–H groups in total. The number of pyridine rings is 3. The molecule has 4 unspecified atom stereocenters. The normalized spacial score (nSPS) is 15.8. The molecule has 0 saturated heterocycles. The molecule has 6 heterocycles. The third-order valence-electron chi connectivity index (χ3n) is 13.8. The molecule has 84 heavy (non-hydrogen) atoms. The summed E-state index contributed by atoms with van der Waals surface area (Å²) in [5, 5.41) is 32.3. The highest BCUT2D eigenvalue weighted by Crippen LogP contribution is 2.53. The van der Waals surface area contributed by atoms with Crippen LogP contribution >= 0.6 is 51.2 Å². The van der Waals surface area contributed by atoms with Crippen LogP contribution in [0.4, 0.5) is 21.9 Å². The van der Waals surface area contributed by atoms with Crippen LogP contribution in [0.5, 0.6) is 0 Å². The Morgan fingerprint density at radius 2 is 1.19 bits per heavy atom. The van der Waals surface area contributed by atoms with Gasteiger partial charge in [-0.3, -0.25) is 28.9 Å². The molecule has 2 saturated carbocycles. The van der Waals surface area contributed by atoms with E-state index in [0.717, 1.165) is 11.8 Å². The smallest absolute Gasteiger partial charge is 0.422 e. The number of nitrogens with one attached hydrogen (secondary N) is 3. The molecule has 11 rings (SSSR count). The van der Waals surface area contributed by atoms with E-state index in [1.165, 1.54) is 39.6 Å². The fourth-order valence-electron chi connectivity index (χ4n) is 9.59. The molecule has 2 aliphatic rings. The topological polar surface area (TPSA) is 252 Å². The molecule has 21 nitrogen and oxygen atoms in total. The van der Waals surface area contributed by atoms with Crippen LogP contribution in [0.2, 0.25) is 0 Å². The number of hydrogen-bond acceptors (Lipinski definition) is 17. The third-order valence-corrected chi connectivity index (χ3v) is 18.5.